The van der Waals surface area contributed by atoms with Gasteiger partial charge in [-0.15, -0.1) is 5.10 Å². The topological polar surface area (TPSA) is 41.0 Å². The van der Waals surface area contributed by atoms with Crippen LogP contribution in [0.5, 0.6) is 0 Å². The summed E-state index contributed by atoms with van der Waals surface area (Å²) in [5.74, 6) is 0.840. The summed E-state index contributed by atoms with van der Waals surface area (Å²) >= 11 is 0. The van der Waals surface area contributed by atoms with Gasteiger partial charge in [-0.25, -0.2) is 0 Å². The van der Waals surface area contributed by atoms with Crippen LogP contribution in [0.3, 0.4) is 0 Å². The third kappa shape index (κ3) is 3.85. The first-order valence-electron chi connectivity index (χ1n) is 4.53. The van der Waals surface area contributed by atoms with Crippen molar-refractivity contribution in [1.82, 2.24) is 15.1 Å². The highest BCUT2D eigenvalue weighted by molar-refractivity contribution is 5.31. The second-order valence-electron chi connectivity index (χ2n) is 2.93. The van der Waals surface area contributed by atoms with E-state index in [0.29, 0.717) is 0 Å². The predicted octanol–water partition coefficient (Wildman–Crippen LogP) is 0.840. The zero-order chi connectivity index (χ0) is 9.52. The van der Waals surface area contributed by atoms with E-state index >= 15 is 0 Å². The molecule has 0 spiro atoms. The molecule has 4 nitrogen and oxygen atoms in total. The molecule has 0 saturated heterocycles. The minimum atomic E-state index is 0.840. The van der Waals surface area contributed by atoms with E-state index in [1.165, 1.54) is 0 Å². The fourth-order valence-corrected chi connectivity index (χ4v) is 0.929. The highest BCUT2D eigenvalue weighted by atomic mass is 15.2. The summed E-state index contributed by atoms with van der Waals surface area (Å²) in [4.78, 5) is 2.24. The first kappa shape index (κ1) is 9.92. The molecule has 1 aromatic rings. The molecule has 1 heterocycles. The number of nitrogens with zero attached hydrogens (tertiary/aromatic N) is 3. The first-order valence-corrected chi connectivity index (χ1v) is 4.53. The van der Waals surface area contributed by atoms with Gasteiger partial charge in [0.15, 0.2) is 0 Å². The molecule has 0 aliphatic rings. The van der Waals surface area contributed by atoms with Gasteiger partial charge in [0.2, 0.25) is 0 Å². The second kappa shape index (κ2) is 5.48. The summed E-state index contributed by atoms with van der Waals surface area (Å²) in [6.07, 6.45) is 1.67. The Morgan fingerprint density at radius 3 is 3.00 bits per heavy atom. The van der Waals surface area contributed by atoms with Crippen LogP contribution in [0.2, 0.25) is 0 Å². The van der Waals surface area contributed by atoms with Crippen molar-refractivity contribution < 1.29 is 0 Å². The molecule has 0 fully saturated rings. The Hall–Kier alpha value is -1.16. The second-order valence-corrected chi connectivity index (χ2v) is 2.93. The molecule has 0 amide bonds. The number of hydrogen-bond donors (Lipinski definition) is 1. The van der Waals surface area contributed by atoms with Crippen molar-refractivity contribution in [2.24, 2.45) is 0 Å². The molecule has 72 valence electrons. The fourth-order valence-electron chi connectivity index (χ4n) is 0.929. The van der Waals surface area contributed by atoms with E-state index in [-0.39, 0.29) is 0 Å². The van der Waals surface area contributed by atoms with E-state index in [2.05, 4.69) is 34.4 Å². The lowest BCUT2D eigenvalue weighted by atomic mass is 10.5. The van der Waals surface area contributed by atoms with Gasteiger partial charge in [-0.2, -0.15) is 5.10 Å². The van der Waals surface area contributed by atoms with Gasteiger partial charge >= 0.3 is 0 Å². The standard InChI is InChI=1S/C9H16N4/c1-3-13(2)8-7-10-9-5-4-6-11-12-9/h4-6H,3,7-8H2,1-2H3,(H,10,12). The SMILES string of the molecule is CCN(C)CCNc1cccnn1. The van der Waals surface area contributed by atoms with Crippen LogP contribution in [0, 0.1) is 0 Å². The highest BCUT2D eigenvalue weighted by Crippen LogP contribution is 1.96. The molecule has 0 aliphatic heterocycles. The van der Waals surface area contributed by atoms with Gasteiger partial charge in [-0.3, -0.25) is 0 Å². The number of likely N-dealkylation sites (N-methyl/N-ethyl adjacent to an activating group) is 1. The van der Waals surface area contributed by atoms with E-state index in [4.69, 9.17) is 0 Å². The van der Waals surface area contributed by atoms with Crippen LogP contribution in [0.4, 0.5) is 5.82 Å². The third-order valence-electron chi connectivity index (χ3n) is 1.91. The Morgan fingerprint density at radius 1 is 1.54 bits per heavy atom. The van der Waals surface area contributed by atoms with E-state index < -0.39 is 0 Å². The van der Waals surface area contributed by atoms with Crippen LogP contribution < -0.4 is 5.32 Å². The summed E-state index contributed by atoms with van der Waals surface area (Å²) < 4.78 is 0. The Kier molecular flexibility index (Phi) is 4.18. The van der Waals surface area contributed by atoms with Crippen LogP contribution in [-0.4, -0.2) is 41.8 Å². The molecule has 1 N–H and O–H groups in total. The lowest BCUT2D eigenvalue weighted by molar-refractivity contribution is 0.367. The molecular formula is C9H16N4. The lowest BCUT2D eigenvalue weighted by Gasteiger charge is -2.13. The van der Waals surface area contributed by atoms with Gasteiger partial charge in [-0.1, -0.05) is 6.92 Å². The number of aromatic nitrogens is 2. The molecule has 0 aliphatic carbocycles. The molecule has 0 saturated carbocycles. The van der Waals surface area contributed by atoms with E-state index in [1.54, 1.807) is 6.20 Å². The summed E-state index contributed by atoms with van der Waals surface area (Å²) in [5, 5.41) is 10.9. The quantitative estimate of drug-likeness (QED) is 0.729. The summed E-state index contributed by atoms with van der Waals surface area (Å²) in [6.45, 7) is 5.14. The van der Waals surface area contributed by atoms with Crippen molar-refractivity contribution in [3.05, 3.63) is 18.3 Å². The smallest absolute Gasteiger partial charge is 0.148 e. The first-order chi connectivity index (χ1) is 6.33. The number of hydrogen-bond acceptors (Lipinski definition) is 4. The molecule has 0 unspecified atom stereocenters. The molecule has 4 heteroatoms. The highest BCUT2D eigenvalue weighted by Gasteiger charge is 1.94. The van der Waals surface area contributed by atoms with Gasteiger partial charge in [-0.05, 0) is 25.7 Å². The maximum absolute atomic E-state index is 3.92. The van der Waals surface area contributed by atoms with Crippen LogP contribution >= 0.6 is 0 Å². The molecule has 0 atom stereocenters. The largest absolute Gasteiger partial charge is 0.367 e. The average Bonchev–Trinajstić information content (AvgIpc) is 2.19. The molecule has 0 aromatic carbocycles. The van der Waals surface area contributed by atoms with Crippen LogP contribution in [0.1, 0.15) is 6.92 Å². The van der Waals surface area contributed by atoms with Gasteiger partial charge in [0, 0.05) is 19.3 Å². The van der Waals surface area contributed by atoms with Crippen molar-refractivity contribution in [1.29, 1.82) is 0 Å². The van der Waals surface area contributed by atoms with Gasteiger partial charge in [0.25, 0.3) is 0 Å². The van der Waals surface area contributed by atoms with Crippen molar-refractivity contribution in [2.45, 2.75) is 6.92 Å². The number of anilines is 1. The predicted molar refractivity (Wildman–Crippen MR) is 53.7 cm³/mol. The molecule has 0 bridgehead atoms. The van der Waals surface area contributed by atoms with E-state index in [1.807, 2.05) is 12.1 Å². The number of nitrogens with one attached hydrogen (secondary N) is 1. The monoisotopic (exact) mass is 180 g/mol. The van der Waals surface area contributed by atoms with Crippen LogP contribution in [0.25, 0.3) is 0 Å². The maximum Gasteiger partial charge on any atom is 0.148 e. The van der Waals surface area contributed by atoms with Crippen LogP contribution in [0.15, 0.2) is 18.3 Å². The van der Waals surface area contributed by atoms with Gasteiger partial charge < -0.3 is 10.2 Å². The van der Waals surface area contributed by atoms with Crippen molar-refractivity contribution in [2.75, 3.05) is 32.0 Å². The Morgan fingerprint density at radius 2 is 2.38 bits per heavy atom. The lowest BCUT2D eigenvalue weighted by Crippen LogP contribution is -2.24. The minimum absolute atomic E-state index is 0.840. The summed E-state index contributed by atoms with van der Waals surface area (Å²) in [6, 6.07) is 3.79. The average molecular weight is 180 g/mol. The molecule has 13 heavy (non-hydrogen) atoms. The van der Waals surface area contributed by atoms with Gasteiger partial charge in [0.1, 0.15) is 5.82 Å². The zero-order valence-electron chi connectivity index (χ0n) is 8.20. The molecule has 1 aromatic heterocycles. The maximum atomic E-state index is 3.92. The third-order valence-corrected chi connectivity index (χ3v) is 1.91. The Bertz CT molecular complexity index is 224. The van der Waals surface area contributed by atoms with Gasteiger partial charge in [0.05, 0.1) is 0 Å². The van der Waals surface area contributed by atoms with E-state index in [9.17, 15) is 0 Å². The molecular weight excluding hydrogens is 164 g/mol. The van der Waals surface area contributed by atoms with Crippen molar-refractivity contribution >= 4 is 5.82 Å². The molecule has 1 rings (SSSR count). The fraction of sp³-hybridized carbons (Fsp3) is 0.556. The van der Waals surface area contributed by atoms with Crippen LogP contribution in [-0.2, 0) is 0 Å². The Labute approximate surface area is 79.0 Å². The zero-order valence-corrected chi connectivity index (χ0v) is 8.20. The summed E-state index contributed by atoms with van der Waals surface area (Å²) in [5.41, 5.74) is 0. The minimum Gasteiger partial charge on any atom is -0.367 e. The molecule has 0 radical (unpaired) electrons. The van der Waals surface area contributed by atoms with Crippen molar-refractivity contribution in [3.63, 3.8) is 0 Å². The normalized spacial score (nSPS) is 10.4. The summed E-state index contributed by atoms with van der Waals surface area (Å²) in [7, 11) is 2.10. The number of rotatable bonds is 5. The van der Waals surface area contributed by atoms with Crippen molar-refractivity contribution in [3.8, 4) is 0 Å². The Balaban J connectivity index is 2.20. The van der Waals surface area contributed by atoms with E-state index in [0.717, 1.165) is 25.5 Å².